The van der Waals surface area contributed by atoms with Crippen LogP contribution in [-0.4, -0.2) is 47.2 Å². The Hall–Kier alpha value is -2.79. The summed E-state index contributed by atoms with van der Waals surface area (Å²) >= 11 is 0.905. The largest absolute Gasteiger partial charge is 0.352 e. The molecule has 1 fully saturated rings. The van der Waals surface area contributed by atoms with Crippen molar-refractivity contribution in [3.8, 4) is 5.69 Å². The zero-order valence-corrected chi connectivity index (χ0v) is 17.7. The lowest BCUT2D eigenvalue weighted by Gasteiger charge is -2.15. The highest BCUT2D eigenvalue weighted by Crippen LogP contribution is 2.23. The van der Waals surface area contributed by atoms with E-state index in [1.165, 1.54) is 0 Å². The molecule has 0 saturated carbocycles. The maximum Gasteiger partial charge on any atom is 0.266 e. The first kappa shape index (κ1) is 21.4. The Morgan fingerprint density at radius 1 is 1.23 bits per heavy atom. The molecule has 2 heterocycles. The van der Waals surface area contributed by atoms with Gasteiger partial charge in [0, 0.05) is 12.1 Å². The highest BCUT2D eigenvalue weighted by molar-refractivity contribution is 7.99. The molecule has 1 amide bonds. The van der Waals surface area contributed by atoms with Crippen LogP contribution >= 0.6 is 11.8 Å². The molecular formula is C20H17F2N3O4S2. The van der Waals surface area contributed by atoms with Gasteiger partial charge in [0.05, 0.1) is 33.8 Å². The molecular weight excluding hydrogens is 448 g/mol. The van der Waals surface area contributed by atoms with Gasteiger partial charge in [-0.25, -0.2) is 22.2 Å². The maximum atomic E-state index is 14.5. The average Bonchev–Trinajstić information content (AvgIpc) is 3.05. The number of nitrogens with zero attached hydrogens (tertiary/aromatic N) is 2. The first-order valence-corrected chi connectivity index (χ1v) is 12.1. The van der Waals surface area contributed by atoms with Crippen molar-refractivity contribution >= 4 is 38.4 Å². The second-order valence-electron chi connectivity index (χ2n) is 7.10. The molecule has 3 aromatic rings. The lowest BCUT2D eigenvalue weighted by atomic mass is 10.2. The second kappa shape index (κ2) is 8.39. The molecule has 1 atom stereocenters. The third-order valence-electron chi connectivity index (χ3n) is 4.83. The molecule has 11 heteroatoms. The molecule has 0 unspecified atom stereocenters. The molecule has 2 aromatic carbocycles. The van der Waals surface area contributed by atoms with Crippen LogP contribution in [0.15, 0.2) is 52.4 Å². The number of rotatable bonds is 5. The van der Waals surface area contributed by atoms with Crippen molar-refractivity contribution in [1.29, 1.82) is 0 Å². The highest BCUT2D eigenvalue weighted by atomic mass is 32.2. The van der Waals surface area contributed by atoms with E-state index in [0.29, 0.717) is 18.0 Å². The summed E-state index contributed by atoms with van der Waals surface area (Å²) < 4.78 is 52.0. The summed E-state index contributed by atoms with van der Waals surface area (Å²) in [7, 11) is -3.14. The van der Waals surface area contributed by atoms with E-state index in [2.05, 4.69) is 10.3 Å². The quantitative estimate of drug-likeness (QED) is 0.458. The number of carbonyl (C=O) groups is 1. The minimum atomic E-state index is -3.14. The van der Waals surface area contributed by atoms with E-state index in [4.69, 9.17) is 0 Å². The Balaban J connectivity index is 1.66. The molecule has 4 rings (SSSR count). The third-order valence-corrected chi connectivity index (χ3v) is 7.53. The van der Waals surface area contributed by atoms with E-state index in [1.807, 2.05) is 0 Å². The number of sulfone groups is 1. The van der Waals surface area contributed by atoms with Gasteiger partial charge in [-0.1, -0.05) is 23.9 Å². The van der Waals surface area contributed by atoms with E-state index in [9.17, 15) is 26.8 Å². The van der Waals surface area contributed by atoms with Crippen LogP contribution in [0, 0.1) is 11.6 Å². The van der Waals surface area contributed by atoms with E-state index in [0.717, 1.165) is 28.5 Å². The van der Waals surface area contributed by atoms with Crippen molar-refractivity contribution < 1.29 is 22.0 Å². The van der Waals surface area contributed by atoms with Gasteiger partial charge < -0.3 is 5.32 Å². The van der Waals surface area contributed by atoms with Crippen LogP contribution in [-0.2, 0) is 14.6 Å². The van der Waals surface area contributed by atoms with Gasteiger partial charge in [-0.15, -0.1) is 0 Å². The van der Waals surface area contributed by atoms with Gasteiger partial charge >= 0.3 is 0 Å². The fraction of sp³-hybridized carbons (Fsp3) is 0.250. The number of halogens is 2. The van der Waals surface area contributed by atoms with Gasteiger partial charge in [0.15, 0.2) is 15.0 Å². The van der Waals surface area contributed by atoms with Crippen molar-refractivity contribution in [2.24, 2.45) is 0 Å². The second-order valence-corrected chi connectivity index (χ2v) is 10.3. The third kappa shape index (κ3) is 4.62. The molecule has 1 aliphatic rings. The Labute approximate surface area is 180 Å². The summed E-state index contributed by atoms with van der Waals surface area (Å²) in [5, 5.41) is 2.96. The van der Waals surface area contributed by atoms with Crippen LogP contribution in [0.2, 0.25) is 0 Å². The summed E-state index contributed by atoms with van der Waals surface area (Å²) in [6.45, 7) is 0. The van der Waals surface area contributed by atoms with Crippen molar-refractivity contribution in [2.45, 2.75) is 17.6 Å². The fourth-order valence-corrected chi connectivity index (χ4v) is 5.88. The first-order valence-electron chi connectivity index (χ1n) is 9.33. The van der Waals surface area contributed by atoms with Crippen LogP contribution in [0.5, 0.6) is 0 Å². The van der Waals surface area contributed by atoms with E-state index < -0.39 is 39.0 Å². The van der Waals surface area contributed by atoms with Crippen LogP contribution in [0.4, 0.5) is 8.78 Å². The monoisotopic (exact) mass is 465 g/mol. The highest BCUT2D eigenvalue weighted by Gasteiger charge is 2.29. The van der Waals surface area contributed by atoms with Crippen molar-refractivity contribution in [3.05, 3.63) is 64.5 Å². The molecule has 162 valence electrons. The number of thioether (sulfide) groups is 1. The molecule has 1 N–H and O–H groups in total. The van der Waals surface area contributed by atoms with Crippen molar-refractivity contribution in [3.63, 3.8) is 0 Å². The van der Waals surface area contributed by atoms with Gasteiger partial charge in [-0.3, -0.25) is 14.2 Å². The number of fused-ring (bicyclic) bond motifs is 1. The van der Waals surface area contributed by atoms with Gasteiger partial charge in [-0.05, 0) is 30.7 Å². The Morgan fingerprint density at radius 3 is 2.71 bits per heavy atom. The number of benzene rings is 2. The molecule has 0 spiro atoms. The summed E-state index contributed by atoms with van der Waals surface area (Å²) in [5.41, 5.74) is -0.369. The first-order chi connectivity index (χ1) is 14.7. The summed E-state index contributed by atoms with van der Waals surface area (Å²) in [6, 6.07) is 8.88. The molecule has 0 bridgehead atoms. The molecule has 1 aliphatic heterocycles. The standard InChI is InChI=1S/C20H17F2N3O4S2/c21-12-5-6-17(15(22)9-12)25-19(27)14-3-1-2-4-16(14)24-20(25)30-10-18(26)23-13-7-8-31(28,29)11-13/h1-6,9,13H,7-8,10-11H2,(H,23,26)/t13-/m1/s1. The summed E-state index contributed by atoms with van der Waals surface area (Å²) in [6.07, 6.45) is 0.346. The van der Waals surface area contributed by atoms with Crippen LogP contribution in [0.25, 0.3) is 16.6 Å². The van der Waals surface area contributed by atoms with Crippen molar-refractivity contribution in [2.75, 3.05) is 17.3 Å². The molecule has 31 heavy (non-hydrogen) atoms. The molecule has 1 aromatic heterocycles. The van der Waals surface area contributed by atoms with Gasteiger partial charge in [0.2, 0.25) is 5.91 Å². The molecule has 1 saturated heterocycles. The molecule has 0 aliphatic carbocycles. The number of hydrogen-bond acceptors (Lipinski definition) is 6. The minimum absolute atomic E-state index is 0.0285. The minimum Gasteiger partial charge on any atom is -0.352 e. The zero-order valence-electron chi connectivity index (χ0n) is 16.0. The topological polar surface area (TPSA) is 98.1 Å². The lowest BCUT2D eigenvalue weighted by Crippen LogP contribution is -2.36. The fourth-order valence-electron chi connectivity index (χ4n) is 3.39. The predicted molar refractivity (Wildman–Crippen MR) is 113 cm³/mol. The Kier molecular flexibility index (Phi) is 5.80. The normalized spacial score (nSPS) is 17.7. The zero-order chi connectivity index (χ0) is 22.2. The van der Waals surface area contributed by atoms with E-state index in [1.54, 1.807) is 24.3 Å². The maximum absolute atomic E-state index is 14.5. The van der Waals surface area contributed by atoms with Gasteiger partial charge in [0.1, 0.15) is 11.6 Å². The van der Waals surface area contributed by atoms with Crippen LogP contribution in [0.1, 0.15) is 6.42 Å². The van der Waals surface area contributed by atoms with Crippen LogP contribution < -0.4 is 10.9 Å². The van der Waals surface area contributed by atoms with Crippen LogP contribution in [0.3, 0.4) is 0 Å². The molecule has 7 nitrogen and oxygen atoms in total. The number of nitrogens with one attached hydrogen (secondary N) is 1. The lowest BCUT2D eigenvalue weighted by molar-refractivity contribution is -0.119. The van der Waals surface area contributed by atoms with E-state index in [-0.39, 0.29) is 33.5 Å². The smallest absolute Gasteiger partial charge is 0.266 e. The summed E-state index contributed by atoms with van der Waals surface area (Å²) in [4.78, 5) is 29.8. The Morgan fingerprint density at radius 2 is 2.00 bits per heavy atom. The average molecular weight is 466 g/mol. The van der Waals surface area contributed by atoms with E-state index >= 15 is 0 Å². The number of para-hydroxylation sites is 1. The summed E-state index contributed by atoms with van der Waals surface area (Å²) in [5.74, 6) is -2.40. The SMILES string of the molecule is O=C(CSc1nc2ccccc2c(=O)n1-c1ccc(F)cc1F)N[C@@H]1CCS(=O)(=O)C1. The number of aromatic nitrogens is 2. The van der Waals surface area contributed by atoms with Gasteiger partial charge in [-0.2, -0.15) is 0 Å². The number of hydrogen-bond donors (Lipinski definition) is 1. The molecule has 0 radical (unpaired) electrons. The van der Waals surface area contributed by atoms with Gasteiger partial charge in [0.25, 0.3) is 5.56 Å². The number of carbonyl (C=O) groups excluding carboxylic acids is 1. The number of amides is 1. The predicted octanol–water partition coefficient (Wildman–Crippen LogP) is 2.06. The Bertz CT molecular complexity index is 1340. The van der Waals surface area contributed by atoms with Crippen molar-refractivity contribution in [1.82, 2.24) is 14.9 Å².